The largest absolute Gasteiger partial charge is 0.336 e. The van der Waals surface area contributed by atoms with Crippen LogP contribution in [0.25, 0.3) is 0 Å². The lowest BCUT2D eigenvalue weighted by Gasteiger charge is -2.15. The summed E-state index contributed by atoms with van der Waals surface area (Å²) < 4.78 is 1.70. The minimum Gasteiger partial charge on any atom is -0.336 e. The molecule has 12 heavy (non-hydrogen) atoms. The van der Waals surface area contributed by atoms with E-state index >= 15 is 0 Å². The lowest BCUT2D eigenvalue weighted by Crippen LogP contribution is -2.93. The molecule has 0 amide bonds. The maximum atomic E-state index is 3.89. The highest BCUT2D eigenvalue weighted by molar-refractivity contribution is 4.73. The zero-order valence-corrected chi connectivity index (χ0v) is 8.07. The number of tetrazole rings is 1. The third-order valence-corrected chi connectivity index (χ3v) is 1.60. The van der Waals surface area contributed by atoms with E-state index in [1.54, 1.807) is 4.68 Å². The molecule has 0 saturated heterocycles. The Kier molecular flexibility index (Phi) is 2.42. The molecule has 0 unspecified atom stereocenters. The molecule has 5 heteroatoms. The Balaban J connectivity index is 2.49. The molecule has 68 valence electrons. The lowest BCUT2D eigenvalue weighted by atomic mass is 10.1. The van der Waals surface area contributed by atoms with Gasteiger partial charge in [0.05, 0.1) is 5.54 Å². The van der Waals surface area contributed by atoms with E-state index in [0.717, 1.165) is 12.4 Å². The van der Waals surface area contributed by atoms with E-state index in [4.69, 9.17) is 0 Å². The fraction of sp³-hybridized carbons (Fsp3) is 0.857. The average molecular weight is 170 g/mol. The number of nitrogens with zero attached hydrogens (tertiary/aromatic N) is 4. The standard InChI is InChI=1S/C7H15N5/c1-7(2,3)8-5-6-9-10-11-12(6)4/h8H,5H2,1-4H3/p+1. The summed E-state index contributed by atoms with van der Waals surface area (Å²) in [6, 6.07) is 0. The first-order valence-electron chi connectivity index (χ1n) is 4.04. The highest BCUT2D eigenvalue weighted by Gasteiger charge is 2.14. The molecule has 1 aromatic rings. The molecule has 0 aliphatic heterocycles. The van der Waals surface area contributed by atoms with Crippen LogP contribution in [0.4, 0.5) is 0 Å². The van der Waals surface area contributed by atoms with Gasteiger partial charge in [-0.05, 0) is 31.2 Å². The molecule has 2 N–H and O–H groups in total. The molecule has 1 heterocycles. The van der Waals surface area contributed by atoms with Gasteiger partial charge in [0.25, 0.3) is 0 Å². The number of hydrogen-bond acceptors (Lipinski definition) is 3. The Hall–Kier alpha value is -0.970. The summed E-state index contributed by atoms with van der Waals surface area (Å²) in [5.41, 5.74) is 0.228. The third-order valence-electron chi connectivity index (χ3n) is 1.60. The summed E-state index contributed by atoms with van der Waals surface area (Å²) in [6.07, 6.45) is 0. The summed E-state index contributed by atoms with van der Waals surface area (Å²) in [5.74, 6) is 0.907. The van der Waals surface area contributed by atoms with E-state index in [9.17, 15) is 0 Å². The lowest BCUT2D eigenvalue weighted by molar-refractivity contribution is -0.732. The highest BCUT2D eigenvalue weighted by Crippen LogP contribution is 1.90. The first kappa shape index (κ1) is 9.12. The zero-order chi connectivity index (χ0) is 9.19. The second kappa shape index (κ2) is 3.18. The quantitative estimate of drug-likeness (QED) is 0.624. The van der Waals surface area contributed by atoms with Crippen LogP contribution in [-0.2, 0) is 13.6 Å². The Morgan fingerprint density at radius 2 is 2.08 bits per heavy atom. The second-order valence-corrected chi connectivity index (χ2v) is 3.99. The van der Waals surface area contributed by atoms with Gasteiger partial charge in [0.15, 0.2) is 0 Å². The molecule has 0 fully saturated rings. The number of quaternary nitrogens is 1. The highest BCUT2D eigenvalue weighted by atomic mass is 15.5. The van der Waals surface area contributed by atoms with Gasteiger partial charge in [-0.3, -0.25) is 0 Å². The van der Waals surface area contributed by atoms with Gasteiger partial charge in [-0.2, -0.15) is 0 Å². The van der Waals surface area contributed by atoms with Crippen LogP contribution in [0.1, 0.15) is 26.6 Å². The van der Waals surface area contributed by atoms with Gasteiger partial charge in [0, 0.05) is 7.05 Å². The van der Waals surface area contributed by atoms with Crippen molar-refractivity contribution in [1.82, 2.24) is 20.2 Å². The van der Waals surface area contributed by atoms with Gasteiger partial charge in [0.2, 0.25) is 5.82 Å². The first-order valence-corrected chi connectivity index (χ1v) is 4.04. The van der Waals surface area contributed by atoms with Crippen molar-refractivity contribution in [2.75, 3.05) is 0 Å². The predicted octanol–water partition coefficient (Wildman–Crippen LogP) is -0.928. The maximum absolute atomic E-state index is 3.89. The van der Waals surface area contributed by atoms with Gasteiger partial charge < -0.3 is 5.32 Å². The molecular formula is C7H16N5+. The van der Waals surface area contributed by atoms with Crippen molar-refractivity contribution in [3.8, 4) is 0 Å². The summed E-state index contributed by atoms with van der Waals surface area (Å²) in [7, 11) is 1.85. The van der Waals surface area contributed by atoms with Crippen LogP contribution in [0.5, 0.6) is 0 Å². The zero-order valence-electron chi connectivity index (χ0n) is 8.07. The third kappa shape index (κ3) is 2.58. The van der Waals surface area contributed by atoms with Crippen LogP contribution in [0.2, 0.25) is 0 Å². The Morgan fingerprint density at radius 1 is 1.42 bits per heavy atom. The molecular weight excluding hydrogens is 154 g/mol. The number of rotatable bonds is 2. The van der Waals surface area contributed by atoms with Crippen LogP contribution in [-0.4, -0.2) is 25.7 Å². The summed E-state index contributed by atoms with van der Waals surface area (Å²) in [5, 5.41) is 13.4. The fourth-order valence-corrected chi connectivity index (χ4v) is 0.818. The summed E-state index contributed by atoms with van der Waals surface area (Å²) in [6.45, 7) is 7.32. The maximum Gasteiger partial charge on any atom is 0.205 e. The van der Waals surface area contributed by atoms with E-state index in [1.807, 2.05) is 7.05 Å². The van der Waals surface area contributed by atoms with E-state index in [-0.39, 0.29) is 5.54 Å². The van der Waals surface area contributed by atoms with Crippen LogP contribution < -0.4 is 5.32 Å². The molecule has 0 atom stereocenters. The molecule has 5 nitrogen and oxygen atoms in total. The van der Waals surface area contributed by atoms with E-state index < -0.39 is 0 Å². The number of nitrogens with two attached hydrogens (primary N) is 1. The summed E-state index contributed by atoms with van der Waals surface area (Å²) in [4.78, 5) is 0. The normalized spacial score (nSPS) is 12.0. The predicted molar refractivity (Wildman–Crippen MR) is 44.2 cm³/mol. The van der Waals surface area contributed by atoms with Crippen molar-refractivity contribution in [1.29, 1.82) is 0 Å². The van der Waals surface area contributed by atoms with Crippen LogP contribution in [0.3, 0.4) is 0 Å². The molecule has 1 rings (SSSR count). The average Bonchev–Trinajstić information content (AvgIpc) is 2.29. The molecule has 0 radical (unpaired) electrons. The summed E-state index contributed by atoms with van der Waals surface area (Å²) >= 11 is 0. The van der Waals surface area contributed by atoms with E-state index in [1.165, 1.54) is 0 Å². The molecule has 0 spiro atoms. The number of hydrogen-bond donors (Lipinski definition) is 1. The molecule has 0 saturated carbocycles. The monoisotopic (exact) mass is 170 g/mol. The Labute approximate surface area is 72.2 Å². The van der Waals surface area contributed by atoms with Gasteiger partial charge >= 0.3 is 0 Å². The van der Waals surface area contributed by atoms with Crippen molar-refractivity contribution in [3.63, 3.8) is 0 Å². The molecule has 0 aliphatic carbocycles. The van der Waals surface area contributed by atoms with E-state index in [0.29, 0.717) is 0 Å². The van der Waals surface area contributed by atoms with Crippen LogP contribution >= 0.6 is 0 Å². The molecule has 1 aromatic heterocycles. The Bertz CT molecular complexity index is 247. The van der Waals surface area contributed by atoms with Gasteiger partial charge in [-0.25, -0.2) is 4.68 Å². The van der Waals surface area contributed by atoms with Crippen molar-refractivity contribution >= 4 is 0 Å². The van der Waals surface area contributed by atoms with Crippen molar-refractivity contribution in [2.24, 2.45) is 7.05 Å². The van der Waals surface area contributed by atoms with Gasteiger partial charge in [-0.15, -0.1) is 5.10 Å². The minimum absolute atomic E-state index is 0.228. The topological polar surface area (TPSA) is 60.2 Å². The van der Waals surface area contributed by atoms with Gasteiger partial charge in [0.1, 0.15) is 6.54 Å². The molecule has 0 bridgehead atoms. The number of aryl methyl sites for hydroxylation is 1. The molecule has 0 aliphatic rings. The molecule has 0 aromatic carbocycles. The first-order chi connectivity index (χ1) is 5.49. The number of aromatic nitrogens is 4. The van der Waals surface area contributed by atoms with Crippen LogP contribution in [0.15, 0.2) is 0 Å². The Morgan fingerprint density at radius 3 is 2.50 bits per heavy atom. The minimum atomic E-state index is 0.228. The second-order valence-electron chi connectivity index (χ2n) is 3.99. The SMILES string of the molecule is Cn1nnnc1C[NH2+]C(C)(C)C. The fourth-order valence-electron chi connectivity index (χ4n) is 0.818. The van der Waals surface area contributed by atoms with E-state index in [2.05, 4.69) is 41.6 Å². The smallest absolute Gasteiger partial charge is 0.205 e. The van der Waals surface area contributed by atoms with Gasteiger partial charge in [-0.1, -0.05) is 0 Å². The van der Waals surface area contributed by atoms with Crippen molar-refractivity contribution < 1.29 is 5.32 Å². The van der Waals surface area contributed by atoms with Crippen LogP contribution in [0, 0.1) is 0 Å². The van der Waals surface area contributed by atoms with Crippen molar-refractivity contribution in [3.05, 3.63) is 5.82 Å². The van der Waals surface area contributed by atoms with Crippen molar-refractivity contribution in [2.45, 2.75) is 32.9 Å².